The van der Waals surface area contributed by atoms with E-state index >= 15 is 0 Å². The Bertz CT molecular complexity index is 1070. The molecular weight excluding hydrogens is 396 g/mol. The number of rotatable bonds is 7. The number of hydrogen-bond acceptors (Lipinski definition) is 5. The fourth-order valence-corrected chi connectivity index (χ4v) is 2.99. The van der Waals surface area contributed by atoms with Gasteiger partial charge in [-0.15, -0.1) is 0 Å². The monoisotopic (exact) mass is 420 g/mol. The van der Waals surface area contributed by atoms with E-state index in [4.69, 9.17) is 4.74 Å². The first-order valence-electron chi connectivity index (χ1n) is 9.73. The topological polar surface area (TPSA) is 104 Å². The first-order valence-corrected chi connectivity index (χ1v) is 9.73. The highest BCUT2D eigenvalue weighted by Gasteiger charge is 2.18. The van der Waals surface area contributed by atoms with Crippen molar-refractivity contribution in [2.24, 2.45) is 0 Å². The molecule has 8 heteroatoms. The number of ether oxygens (including phenoxy) is 1. The smallest absolute Gasteiger partial charge is 0.356 e. The van der Waals surface area contributed by atoms with E-state index in [0.29, 0.717) is 5.69 Å². The first kappa shape index (κ1) is 21.8. The van der Waals surface area contributed by atoms with Gasteiger partial charge >= 0.3 is 5.97 Å². The summed E-state index contributed by atoms with van der Waals surface area (Å²) in [4.78, 5) is 38.0. The van der Waals surface area contributed by atoms with Gasteiger partial charge in [-0.25, -0.2) is 4.79 Å². The van der Waals surface area contributed by atoms with Crippen molar-refractivity contribution in [2.45, 2.75) is 13.8 Å². The molecule has 2 aromatic carbocycles. The zero-order chi connectivity index (χ0) is 22.4. The molecule has 0 fully saturated rings. The third-order valence-electron chi connectivity index (χ3n) is 4.75. The quantitative estimate of drug-likeness (QED) is 0.572. The zero-order valence-corrected chi connectivity index (χ0v) is 17.6. The van der Waals surface area contributed by atoms with Crippen LogP contribution in [-0.2, 0) is 14.3 Å². The van der Waals surface area contributed by atoms with Gasteiger partial charge in [0.15, 0.2) is 6.61 Å². The number of nitrogens with one attached hydrogen (secondary N) is 2. The summed E-state index contributed by atoms with van der Waals surface area (Å²) >= 11 is 0. The number of para-hydroxylation sites is 1. The van der Waals surface area contributed by atoms with Crippen LogP contribution in [0.15, 0.2) is 54.6 Å². The number of anilines is 1. The molecule has 0 spiro atoms. The van der Waals surface area contributed by atoms with Crippen LogP contribution in [-0.4, -0.2) is 53.1 Å². The van der Waals surface area contributed by atoms with Crippen LogP contribution in [0.1, 0.15) is 21.6 Å². The Balaban J connectivity index is 1.50. The van der Waals surface area contributed by atoms with Crippen LogP contribution in [0, 0.1) is 13.8 Å². The van der Waals surface area contributed by atoms with Crippen molar-refractivity contribution in [1.29, 1.82) is 0 Å². The van der Waals surface area contributed by atoms with Crippen LogP contribution in [0.4, 0.5) is 5.69 Å². The maximum Gasteiger partial charge on any atom is 0.356 e. The number of benzene rings is 2. The Morgan fingerprint density at radius 2 is 1.71 bits per heavy atom. The molecule has 0 saturated heterocycles. The molecule has 31 heavy (non-hydrogen) atoms. The molecular formula is C23H24N4O4. The predicted octanol–water partition coefficient (Wildman–Crippen LogP) is 2.95. The Morgan fingerprint density at radius 1 is 1.03 bits per heavy atom. The van der Waals surface area contributed by atoms with Crippen molar-refractivity contribution in [3.63, 3.8) is 0 Å². The summed E-state index contributed by atoms with van der Waals surface area (Å²) in [6, 6.07) is 16.6. The molecule has 0 saturated carbocycles. The highest BCUT2D eigenvalue weighted by Crippen LogP contribution is 2.19. The van der Waals surface area contributed by atoms with E-state index < -0.39 is 18.5 Å². The number of nitrogens with zero attached hydrogens (tertiary/aromatic N) is 2. The van der Waals surface area contributed by atoms with E-state index in [-0.39, 0.29) is 18.1 Å². The Kier molecular flexibility index (Phi) is 6.81. The normalized spacial score (nSPS) is 10.4. The second-order valence-electron chi connectivity index (χ2n) is 7.17. The van der Waals surface area contributed by atoms with E-state index in [1.807, 2.05) is 62.4 Å². The lowest BCUT2D eigenvalue weighted by Crippen LogP contribution is -2.37. The molecule has 8 nitrogen and oxygen atoms in total. The summed E-state index contributed by atoms with van der Waals surface area (Å²) in [7, 11) is 1.48. The van der Waals surface area contributed by atoms with Crippen LogP contribution >= 0.6 is 0 Å². The number of carbonyl (C=O) groups is 3. The summed E-state index contributed by atoms with van der Waals surface area (Å²) in [5.74, 6) is -1.52. The molecule has 160 valence electrons. The van der Waals surface area contributed by atoms with Crippen LogP contribution < -0.4 is 5.32 Å². The number of aryl methyl sites for hydroxylation is 2. The second-order valence-corrected chi connectivity index (χ2v) is 7.17. The van der Waals surface area contributed by atoms with E-state index in [9.17, 15) is 14.4 Å². The Morgan fingerprint density at radius 3 is 2.39 bits per heavy atom. The Hall–Kier alpha value is -3.94. The molecule has 0 bridgehead atoms. The molecule has 0 atom stereocenters. The van der Waals surface area contributed by atoms with E-state index in [1.165, 1.54) is 11.9 Å². The van der Waals surface area contributed by atoms with Crippen LogP contribution in [0.2, 0.25) is 0 Å². The summed E-state index contributed by atoms with van der Waals surface area (Å²) in [5.41, 5.74) is 4.19. The van der Waals surface area contributed by atoms with E-state index in [2.05, 4.69) is 15.5 Å². The highest BCUT2D eigenvalue weighted by atomic mass is 16.5. The van der Waals surface area contributed by atoms with Crippen molar-refractivity contribution in [3.05, 3.63) is 71.4 Å². The van der Waals surface area contributed by atoms with Gasteiger partial charge in [0, 0.05) is 18.3 Å². The Labute approximate surface area is 180 Å². The van der Waals surface area contributed by atoms with Gasteiger partial charge in [-0.2, -0.15) is 5.10 Å². The number of H-pyrrole nitrogens is 1. The number of hydrogen-bond donors (Lipinski definition) is 2. The third-order valence-corrected chi connectivity index (χ3v) is 4.75. The van der Waals surface area contributed by atoms with E-state index in [1.54, 1.807) is 6.07 Å². The van der Waals surface area contributed by atoms with Crippen molar-refractivity contribution in [3.8, 4) is 11.3 Å². The fraction of sp³-hybridized carbons (Fsp3) is 0.217. The molecule has 0 aliphatic heterocycles. The van der Waals surface area contributed by atoms with Gasteiger partial charge in [0.25, 0.3) is 5.91 Å². The number of likely N-dealkylation sites (N-methyl/N-ethyl adjacent to an activating group) is 1. The first-order chi connectivity index (χ1) is 14.8. The summed E-state index contributed by atoms with van der Waals surface area (Å²) < 4.78 is 5.07. The lowest BCUT2D eigenvalue weighted by molar-refractivity contribution is -0.136. The van der Waals surface area contributed by atoms with Crippen LogP contribution in [0.5, 0.6) is 0 Å². The standard InChI is InChI=1S/C23H24N4O4/c1-15-8-7-9-16(2)22(15)24-20(28)13-27(3)21(29)14-31-23(30)19-12-18(25-26-19)17-10-5-4-6-11-17/h4-12H,13-14H2,1-3H3,(H,24,28)(H,25,26). The molecule has 0 aliphatic rings. The lowest BCUT2D eigenvalue weighted by Gasteiger charge is -2.18. The number of aromatic amines is 1. The van der Waals surface area contributed by atoms with E-state index in [0.717, 1.165) is 22.4 Å². The van der Waals surface area contributed by atoms with Crippen molar-refractivity contribution < 1.29 is 19.1 Å². The molecule has 2 amide bonds. The number of aromatic nitrogens is 2. The van der Waals surface area contributed by atoms with Crippen molar-refractivity contribution in [2.75, 3.05) is 25.5 Å². The van der Waals surface area contributed by atoms with Crippen LogP contribution in [0.3, 0.4) is 0 Å². The van der Waals surface area contributed by atoms with Crippen molar-refractivity contribution >= 4 is 23.5 Å². The molecule has 1 aromatic heterocycles. The second kappa shape index (κ2) is 9.71. The summed E-state index contributed by atoms with van der Waals surface area (Å²) in [5, 5.41) is 9.52. The average molecular weight is 420 g/mol. The van der Waals surface area contributed by atoms with Gasteiger partial charge < -0.3 is 15.0 Å². The molecule has 0 unspecified atom stereocenters. The number of carbonyl (C=O) groups excluding carboxylic acids is 3. The summed E-state index contributed by atoms with van der Waals surface area (Å²) in [6.07, 6.45) is 0. The minimum atomic E-state index is -0.698. The third kappa shape index (κ3) is 5.57. The number of esters is 1. The lowest BCUT2D eigenvalue weighted by atomic mass is 10.1. The van der Waals surface area contributed by atoms with Gasteiger partial charge in [0.1, 0.15) is 5.69 Å². The van der Waals surface area contributed by atoms with Gasteiger partial charge in [0.2, 0.25) is 5.91 Å². The SMILES string of the molecule is Cc1cccc(C)c1NC(=O)CN(C)C(=O)COC(=O)c1cc(-c2ccccc2)n[nH]1. The van der Waals surface area contributed by atoms with Gasteiger partial charge in [-0.1, -0.05) is 48.5 Å². The number of amides is 2. The molecule has 3 aromatic rings. The largest absolute Gasteiger partial charge is 0.451 e. The average Bonchev–Trinajstić information content (AvgIpc) is 3.25. The summed E-state index contributed by atoms with van der Waals surface area (Å²) in [6.45, 7) is 3.16. The minimum absolute atomic E-state index is 0.141. The fourth-order valence-electron chi connectivity index (χ4n) is 2.99. The molecule has 0 radical (unpaired) electrons. The highest BCUT2D eigenvalue weighted by molar-refractivity contribution is 5.96. The maximum absolute atomic E-state index is 12.3. The zero-order valence-electron chi connectivity index (χ0n) is 17.6. The minimum Gasteiger partial charge on any atom is -0.451 e. The molecule has 2 N–H and O–H groups in total. The molecule has 1 heterocycles. The maximum atomic E-state index is 12.3. The van der Waals surface area contributed by atoms with Gasteiger partial charge in [-0.05, 0) is 31.0 Å². The molecule has 0 aliphatic carbocycles. The van der Waals surface area contributed by atoms with Crippen molar-refractivity contribution in [1.82, 2.24) is 15.1 Å². The van der Waals surface area contributed by atoms with Gasteiger partial charge in [0.05, 0.1) is 12.2 Å². The molecule has 3 rings (SSSR count). The van der Waals surface area contributed by atoms with Crippen LogP contribution in [0.25, 0.3) is 11.3 Å². The predicted molar refractivity (Wildman–Crippen MR) is 116 cm³/mol. The van der Waals surface area contributed by atoms with Gasteiger partial charge in [-0.3, -0.25) is 14.7 Å².